The number of aryl methyl sites for hydroxylation is 1. The zero-order valence-electron chi connectivity index (χ0n) is 9.58. The molecule has 1 spiro atoms. The summed E-state index contributed by atoms with van der Waals surface area (Å²) in [5, 5.41) is 9.68. The fourth-order valence-electron chi connectivity index (χ4n) is 3.68. The zero-order chi connectivity index (χ0) is 11.2. The van der Waals surface area contributed by atoms with E-state index in [0.717, 1.165) is 12.8 Å². The highest BCUT2D eigenvalue weighted by Crippen LogP contribution is 2.48. The van der Waals surface area contributed by atoms with Gasteiger partial charge in [-0.1, -0.05) is 18.9 Å². The highest BCUT2D eigenvalue weighted by Gasteiger charge is 2.44. The fraction of sp³-hybridized carbons (Fsp3) is 0.571. The first-order valence-electron chi connectivity index (χ1n) is 6.30. The lowest BCUT2D eigenvalue weighted by Gasteiger charge is -2.41. The maximum atomic E-state index is 9.68. The molecule has 0 radical (unpaired) electrons. The van der Waals surface area contributed by atoms with Crippen LogP contribution in [0.2, 0.25) is 0 Å². The van der Waals surface area contributed by atoms with Crippen molar-refractivity contribution in [1.82, 2.24) is 0 Å². The Morgan fingerprint density at radius 3 is 2.75 bits per heavy atom. The minimum Gasteiger partial charge on any atom is -0.508 e. The summed E-state index contributed by atoms with van der Waals surface area (Å²) in [5.41, 5.74) is 9.27. The topological polar surface area (TPSA) is 46.2 Å². The standard InChI is InChI=1S/C14H19NO/c15-13-6-4-10-3-5-11(16)9-12(10)14(13)7-1-2-8-14/h3,5,9,13,16H,1-2,4,6-8,15H2. The molecule has 2 heteroatoms. The van der Waals surface area contributed by atoms with Gasteiger partial charge in [-0.2, -0.15) is 0 Å². The largest absolute Gasteiger partial charge is 0.508 e. The van der Waals surface area contributed by atoms with Crippen LogP contribution in [0.1, 0.15) is 43.2 Å². The molecule has 0 heterocycles. The number of aromatic hydroxyl groups is 1. The van der Waals surface area contributed by atoms with Gasteiger partial charge in [0.15, 0.2) is 0 Å². The molecule has 0 saturated heterocycles. The van der Waals surface area contributed by atoms with Gasteiger partial charge in [0.05, 0.1) is 0 Å². The van der Waals surface area contributed by atoms with E-state index in [2.05, 4.69) is 6.07 Å². The fourth-order valence-corrected chi connectivity index (χ4v) is 3.68. The van der Waals surface area contributed by atoms with Crippen LogP contribution in [0.4, 0.5) is 0 Å². The summed E-state index contributed by atoms with van der Waals surface area (Å²) in [6.07, 6.45) is 7.12. The van der Waals surface area contributed by atoms with Gasteiger partial charge in [0.2, 0.25) is 0 Å². The van der Waals surface area contributed by atoms with Gasteiger partial charge in [-0.25, -0.2) is 0 Å². The molecule has 3 rings (SSSR count). The molecule has 2 aliphatic carbocycles. The van der Waals surface area contributed by atoms with Crippen molar-refractivity contribution in [2.45, 2.75) is 50.0 Å². The monoisotopic (exact) mass is 217 g/mol. The maximum Gasteiger partial charge on any atom is 0.115 e. The molecular weight excluding hydrogens is 198 g/mol. The number of rotatable bonds is 0. The lowest BCUT2D eigenvalue weighted by molar-refractivity contribution is 0.311. The minimum absolute atomic E-state index is 0.173. The number of phenols is 1. The summed E-state index contributed by atoms with van der Waals surface area (Å²) < 4.78 is 0. The van der Waals surface area contributed by atoms with Crippen molar-refractivity contribution in [3.05, 3.63) is 29.3 Å². The quantitative estimate of drug-likeness (QED) is 0.701. The van der Waals surface area contributed by atoms with Crippen molar-refractivity contribution in [3.8, 4) is 5.75 Å². The molecule has 1 fully saturated rings. The van der Waals surface area contributed by atoms with Gasteiger partial charge in [0.1, 0.15) is 5.75 Å². The first kappa shape index (κ1) is 10.2. The van der Waals surface area contributed by atoms with Crippen molar-refractivity contribution in [1.29, 1.82) is 0 Å². The lowest BCUT2D eigenvalue weighted by Crippen LogP contribution is -2.47. The molecule has 1 aromatic rings. The van der Waals surface area contributed by atoms with E-state index in [9.17, 15) is 5.11 Å². The molecule has 0 bridgehead atoms. The van der Waals surface area contributed by atoms with E-state index in [1.165, 1.54) is 36.8 Å². The Balaban J connectivity index is 2.15. The van der Waals surface area contributed by atoms with Gasteiger partial charge in [0.25, 0.3) is 0 Å². The lowest BCUT2D eigenvalue weighted by atomic mass is 9.66. The SMILES string of the molecule is NC1CCc2ccc(O)cc2C12CCCC2. The van der Waals surface area contributed by atoms with E-state index in [1.54, 1.807) is 6.07 Å². The third kappa shape index (κ3) is 1.29. The molecule has 86 valence electrons. The zero-order valence-corrected chi connectivity index (χ0v) is 9.58. The molecule has 1 unspecified atom stereocenters. The molecule has 16 heavy (non-hydrogen) atoms. The van der Waals surface area contributed by atoms with Gasteiger partial charge < -0.3 is 10.8 Å². The Morgan fingerprint density at radius 1 is 1.25 bits per heavy atom. The van der Waals surface area contributed by atoms with E-state index in [0.29, 0.717) is 5.75 Å². The van der Waals surface area contributed by atoms with E-state index < -0.39 is 0 Å². The Hall–Kier alpha value is -1.02. The van der Waals surface area contributed by atoms with Gasteiger partial charge in [0, 0.05) is 11.5 Å². The van der Waals surface area contributed by atoms with Gasteiger partial charge in [-0.05, 0) is 48.9 Å². The van der Waals surface area contributed by atoms with Gasteiger partial charge in [-0.15, -0.1) is 0 Å². The number of nitrogens with two attached hydrogens (primary N) is 1. The molecule has 1 atom stereocenters. The highest BCUT2D eigenvalue weighted by atomic mass is 16.3. The molecule has 2 aliphatic rings. The number of hydrogen-bond donors (Lipinski definition) is 2. The Bertz CT molecular complexity index is 407. The number of benzene rings is 1. The molecule has 0 amide bonds. The second-order valence-electron chi connectivity index (χ2n) is 5.35. The van der Waals surface area contributed by atoms with Gasteiger partial charge in [-0.3, -0.25) is 0 Å². The van der Waals surface area contributed by atoms with Crippen LogP contribution in [-0.4, -0.2) is 11.1 Å². The molecule has 0 aromatic heterocycles. The number of hydrogen-bond acceptors (Lipinski definition) is 2. The van der Waals surface area contributed by atoms with Crippen molar-refractivity contribution in [2.75, 3.05) is 0 Å². The Morgan fingerprint density at radius 2 is 2.00 bits per heavy atom. The molecule has 2 nitrogen and oxygen atoms in total. The Kier molecular flexibility index (Phi) is 2.21. The smallest absolute Gasteiger partial charge is 0.115 e. The summed E-state index contributed by atoms with van der Waals surface area (Å²) >= 11 is 0. The summed E-state index contributed by atoms with van der Waals surface area (Å²) in [4.78, 5) is 0. The van der Waals surface area contributed by atoms with Crippen LogP contribution in [0.5, 0.6) is 5.75 Å². The maximum absolute atomic E-state index is 9.68. The van der Waals surface area contributed by atoms with Crippen molar-refractivity contribution in [2.24, 2.45) is 5.73 Å². The predicted octanol–water partition coefficient (Wildman–Crippen LogP) is 2.48. The summed E-state index contributed by atoms with van der Waals surface area (Å²) in [5.74, 6) is 0.388. The number of fused-ring (bicyclic) bond motifs is 2. The third-order valence-corrected chi connectivity index (χ3v) is 4.56. The van der Waals surface area contributed by atoms with Crippen LogP contribution < -0.4 is 5.73 Å². The second-order valence-corrected chi connectivity index (χ2v) is 5.35. The average molecular weight is 217 g/mol. The third-order valence-electron chi connectivity index (χ3n) is 4.56. The van der Waals surface area contributed by atoms with Crippen molar-refractivity contribution < 1.29 is 5.11 Å². The van der Waals surface area contributed by atoms with E-state index in [1.807, 2.05) is 6.07 Å². The molecule has 1 aromatic carbocycles. The first-order chi connectivity index (χ1) is 7.72. The Labute approximate surface area is 96.5 Å². The second kappa shape index (κ2) is 3.49. The van der Waals surface area contributed by atoms with E-state index >= 15 is 0 Å². The normalized spacial score (nSPS) is 26.9. The summed E-state index contributed by atoms with van der Waals surface area (Å²) in [7, 11) is 0. The summed E-state index contributed by atoms with van der Waals surface area (Å²) in [6.45, 7) is 0. The minimum atomic E-state index is 0.173. The average Bonchev–Trinajstić information content (AvgIpc) is 2.75. The van der Waals surface area contributed by atoms with Crippen molar-refractivity contribution >= 4 is 0 Å². The first-order valence-corrected chi connectivity index (χ1v) is 6.30. The van der Waals surface area contributed by atoms with Gasteiger partial charge >= 0.3 is 0 Å². The summed E-state index contributed by atoms with van der Waals surface area (Å²) in [6, 6.07) is 6.12. The highest BCUT2D eigenvalue weighted by molar-refractivity contribution is 5.44. The predicted molar refractivity (Wildman–Crippen MR) is 64.5 cm³/mol. The molecular formula is C14H19NO. The molecule has 3 N–H and O–H groups in total. The van der Waals surface area contributed by atoms with E-state index in [-0.39, 0.29) is 11.5 Å². The van der Waals surface area contributed by atoms with Crippen LogP contribution in [0.3, 0.4) is 0 Å². The van der Waals surface area contributed by atoms with Crippen LogP contribution in [0.25, 0.3) is 0 Å². The number of phenolic OH excluding ortho intramolecular Hbond substituents is 1. The van der Waals surface area contributed by atoms with Crippen LogP contribution in [0.15, 0.2) is 18.2 Å². The molecule has 0 aliphatic heterocycles. The van der Waals surface area contributed by atoms with E-state index in [4.69, 9.17) is 5.73 Å². The molecule has 1 saturated carbocycles. The van der Waals surface area contributed by atoms with Crippen molar-refractivity contribution in [3.63, 3.8) is 0 Å². The van der Waals surface area contributed by atoms with Crippen LogP contribution in [0, 0.1) is 0 Å². The van der Waals surface area contributed by atoms with Crippen LogP contribution in [-0.2, 0) is 11.8 Å². The van der Waals surface area contributed by atoms with Crippen LogP contribution >= 0.6 is 0 Å².